The molecule has 1 aliphatic heterocycles. The second kappa shape index (κ2) is 5.46. The standard InChI is InChI=1S/C11H12O4Se/c12-9-7-16-10(15-9)6-14-11(13)8-4-2-1-3-5-8/h1-5,9-10,12H,6-7H2. The van der Waals surface area contributed by atoms with Gasteiger partial charge < -0.3 is 0 Å². The summed E-state index contributed by atoms with van der Waals surface area (Å²) in [6.45, 7) is 0.227. The fourth-order valence-corrected chi connectivity index (χ4v) is 3.07. The number of esters is 1. The first-order chi connectivity index (χ1) is 7.75. The van der Waals surface area contributed by atoms with Crippen LogP contribution >= 0.6 is 0 Å². The van der Waals surface area contributed by atoms with E-state index in [1.54, 1.807) is 24.3 Å². The Hall–Kier alpha value is -0.871. The van der Waals surface area contributed by atoms with Crippen LogP contribution in [-0.4, -0.2) is 43.9 Å². The van der Waals surface area contributed by atoms with Crippen molar-refractivity contribution in [2.75, 3.05) is 6.61 Å². The molecule has 0 amide bonds. The Kier molecular flexibility index (Phi) is 3.96. The fourth-order valence-electron chi connectivity index (χ4n) is 1.33. The normalized spacial score (nSPS) is 24.3. The Morgan fingerprint density at radius 3 is 2.88 bits per heavy atom. The quantitative estimate of drug-likeness (QED) is 0.655. The van der Waals surface area contributed by atoms with E-state index in [0.29, 0.717) is 10.9 Å². The van der Waals surface area contributed by atoms with Crippen molar-refractivity contribution in [3.8, 4) is 0 Å². The van der Waals surface area contributed by atoms with E-state index in [-0.39, 0.29) is 32.5 Å². The molecular weight excluding hydrogens is 275 g/mol. The summed E-state index contributed by atoms with van der Waals surface area (Å²) in [5.74, 6) is -0.346. The third-order valence-electron chi connectivity index (χ3n) is 2.09. The fraction of sp³-hybridized carbons (Fsp3) is 0.364. The Balaban J connectivity index is 1.80. The Morgan fingerprint density at radius 1 is 1.50 bits per heavy atom. The summed E-state index contributed by atoms with van der Waals surface area (Å²) in [6.07, 6.45) is -0.680. The van der Waals surface area contributed by atoms with Gasteiger partial charge in [0, 0.05) is 0 Å². The van der Waals surface area contributed by atoms with Crippen molar-refractivity contribution < 1.29 is 19.4 Å². The molecule has 1 fully saturated rings. The van der Waals surface area contributed by atoms with Crippen LogP contribution in [0.25, 0.3) is 0 Å². The summed E-state index contributed by atoms with van der Waals surface area (Å²) in [5.41, 5.74) is 0.536. The minimum atomic E-state index is -0.680. The Bertz CT molecular complexity index is 354. The predicted molar refractivity (Wildman–Crippen MR) is 58.2 cm³/mol. The van der Waals surface area contributed by atoms with Gasteiger partial charge in [-0.3, -0.25) is 0 Å². The van der Waals surface area contributed by atoms with Gasteiger partial charge in [-0.25, -0.2) is 0 Å². The zero-order valence-corrected chi connectivity index (χ0v) is 10.2. The van der Waals surface area contributed by atoms with E-state index in [1.807, 2.05) is 6.07 Å². The van der Waals surface area contributed by atoms with Gasteiger partial charge in [-0.2, -0.15) is 0 Å². The Labute approximate surface area is 99.7 Å². The van der Waals surface area contributed by atoms with Crippen LogP contribution in [-0.2, 0) is 9.47 Å². The summed E-state index contributed by atoms with van der Waals surface area (Å²) in [4.78, 5) is 11.5. The van der Waals surface area contributed by atoms with Crippen LogP contribution in [0.3, 0.4) is 0 Å². The molecule has 1 aromatic rings. The predicted octanol–water partition coefficient (Wildman–Crippen LogP) is 0.641. The molecule has 0 aromatic heterocycles. The first-order valence-corrected chi connectivity index (χ1v) is 7.13. The number of hydrogen-bond donors (Lipinski definition) is 1. The molecule has 2 atom stereocenters. The molecule has 1 saturated heterocycles. The number of aliphatic hydroxyl groups is 1. The van der Waals surface area contributed by atoms with E-state index in [2.05, 4.69) is 0 Å². The molecule has 1 heterocycles. The second-order valence-corrected chi connectivity index (χ2v) is 5.82. The zero-order valence-electron chi connectivity index (χ0n) is 8.54. The molecular formula is C11H12O4Se. The molecule has 2 unspecified atom stereocenters. The molecule has 0 aliphatic carbocycles. The van der Waals surface area contributed by atoms with Crippen molar-refractivity contribution in [2.24, 2.45) is 0 Å². The van der Waals surface area contributed by atoms with Crippen LogP contribution in [0.15, 0.2) is 30.3 Å². The average Bonchev–Trinajstić information content (AvgIpc) is 2.73. The van der Waals surface area contributed by atoms with Gasteiger partial charge >= 0.3 is 99.4 Å². The van der Waals surface area contributed by atoms with Gasteiger partial charge in [0.15, 0.2) is 0 Å². The number of aliphatic hydroxyl groups excluding tert-OH is 1. The van der Waals surface area contributed by atoms with Crippen molar-refractivity contribution in [1.29, 1.82) is 0 Å². The number of carbonyl (C=O) groups excluding carboxylic acids is 1. The number of ether oxygens (including phenoxy) is 2. The molecule has 0 saturated carbocycles. The van der Waals surface area contributed by atoms with Crippen LogP contribution in [0.4, 0.5) is 0 Å². The molecule has 86 valence electrons. The Morgan fingerprint density at radius 2 is 2.25 bits per heavy atom. The average molecular weight is 287 g/mol. The van der Waals surface area contributed by atoms with Crippen molar-refractivity contribution in [3.63, 3.8) is 0 Å². The van der Waals surface area contributed by atoms with Crippen LogP contribution in [0.1, 0.15) is 10.4 Å². The summed E-state index contributed by atoms with van der Waals surface area (Å²) >= 11 is 0.191. The molecule has 1 aromatic carbocycles. The molecule has 5 heteroatoms. The van der Waals surface area contributed by atoms with E-state index >= 15 is 0 Å². The monoisotopic (exact) mass is 288 g/mol. The molecule has 1 N–H and O–H groups in total. The SMILES string of the molecule is O=C(OCC1OC(O)C[Se]1)c1ccccc1. The minimum absolute atomic E-state index is 0.116. The second-order valence-electron chi connectivity index (χ2n) is 3.32. The van der Waals surface area contributed by atoms with Gasteiger partial charge in [-0.15, -0.1) is 0 Å². The van der Waals surface area contributed by atoms with Gasteiger partial charge in [-0.05, 0) is 0 Å². The maximum absolute atomic E-state index is 11.5. The number of hydrogen-bond acceptors (Lipinski definition) is 4. The van der Waals surface area contributed by atoms with Crippen LogP contribution in [0, 0.1) is 0 Å². The van der Waals surface area contributed by atoms with Gasteiger partial charge in [0.05, 0.1) is 0 Å². The summed E-state index contributed by atoms with van der Waals surface area (Å²) in [7, 11) is 0. The third-order valence-corrected chi connectivity index (χ3v) is 4.39. The van der Waals surface area contributed by atoms with Crippen molar-refractivity contribution in [3.05, 3.63) is 35.9 Å². The first-order valence-electron chi connectivity index (χ1n) is 4.93. The van der Waals surface area contributed by atoms with Crippen molar-refractivity contribution in [2.45, 2.75) is 16.6 Å². The summed E-state index contributed by atoms with van der Waals surface area (Å²) in [6, 6.07) is 8.83. The van der Waals surface area contributed by atoms with Crippen LogP contribution in [0.5, 0.6) is 0 Å². The van der Waals surface area contributed by atoms with E-state index in [4.69, 9.17) is 14.6 Å². The van der Waals surface area contributed by atoms with Crippen LogP contribution in [0.2, 0.25) is 5.32 Å². The van der Waals surface area contributed by atoms with E-state index < -0.39 is 6.29 Å². The molecule has 0 radical (unpaired) electrons. The number of benzene rings is 1. The van der Waals surface area contributed by atoms with Gasteiger partial charge in [-0.1, -0.05) is 0 Å². The molecule has 0 bridgehead atoms. The molecule has 2 rings (SSSR count). The molecule has 4 nitrogen and oxygen atoms in total. The molecule has 0 spiro atoms. The van der Waals surface area contributed by atoms with E-state index in [1.165, 1.54) is 0 Å². The van der Waals surface area contributed by atoms with Gasteiger partial charge in [0.25, 0.3) is 0 Å². The summed E-state index contributed by atoms with van der Waals surface area (Å²) in [5, 5.41) is 9.69. The molecule has 16 heavy (non-hydrogen) atoms. The van der Waals surface area contributed by atoms with E-state index in [0.717, 1.165) is 0 Å². The number of carbonyl (C=O) groups is 1. The summed E-state index contributed by atoms with van der Waals surface area (Å²) < 4.78 is 10.3. The zero-order chi connectivity index (χ0) is 11.4. The molecule has 1 aliphatic rings. The topological polar surface area (TPSA) is 55.8 Å². The van der Waals surface area contributed by atoms with Gasteiger partial charge in [0.1, 0.15) is 0 Å². The van der Waals surface area contributed by atoms with Crippen LogP contribution < -0.4 is 0 Å². The van der Waals surface area contributed by atoms with E-state index in [9.17, 15) is 4.79 Å². The van der Waals surface area contributed by atoms with Crippen molar-refractivity contribution >= 4 is 20.9 Å². The van der Waals surface area contributed by atoms with Crippen molar-refractivity contribution in [1.82, 2.24) is 0 Å². The maximum atomic E-state index is 11.5. The van der Waals surface area contributed by atoms with Gasteiger partial charge in [0.2, 0.25) is 0 Å². The number of rotatable bonds is 3. The third kappa shape index (κ3) is 3.06. The first kappa shape index (κ1) is 11.6.